The average molecular weight is 309 g/mol. The van der Waals surface area contributed by atoms with Crippen LogP contribution in [0.3, 0.4) is 0 Å². The molecule has 1 heterocycles. The topological polar surface area (TPSA) is 74.5 Å². The third-order valence-corrected chi connectivity index (χ3v) is 3.00. The summed E-state index contributed by atoms with van der Waals surface area (Å²) in [4.78, 5) is 8.48. The largest absolute Gasteiger partial charge is 0.443 e. The molecule has 0 saturated heterocycles. The molecule has 0 aromatic carbocycles. The first-order chi connectivity index (χ1) is 10.1. The van der Waals surface area contributed by atoms with Crippen LogP contribution in [0.25, 0.3) is 0 Å². The molecule has 0 aliphatic carbocycles. The summed E-state index contributed by atoms with van der Waals surface area (Å²) < 4.78 is 5.74. The molecule has 0 aliphatic rings. The van der Waals surface area contributed by atoms with E-state index in [4.69, 9.17) is 4.42 Å². The number of guanidine groups is 1. The van der Waals surface area contributed by atoms with Crippen molar-refractivity contribution in [3.63, 3.8) is 0 Å². The van der Waals surface area contributed by atoms with Gasteiger partial charge in [-0.1, -0.05) is 20.8 Å². The Labute approximate surface area is 134 Å². The first kappa shape index (κ1) is 18.5. The fourth-order valence-corrected chi connectivity index (χ4v) is 1.74. The zero-order chi connectivity index (χ0) is 16.8. The van der Waals surface area contributed by atoms with Crippen LogP contribution in [0.2, 0.25) is 0 Å². The van der Waals surface area contributed by atoms with Gasteiger partial charge in [0.15, 0.2) is 5.96 Å². The minimum absolute atomic E-state index is 0.0240. The number of hydrogen-bond donors (Lipinski definition) is 3. The van der Waals surface area contributed by atoms with Crippen molar-refractivity contribution in [2.24, 2.45) is 4.99 Å². The number of nitrogens with one attached hydrogen (secondary N) is 3. The summed E-state index contributed by atoms with van der Waals surface area (Å²) in [6, 6.07) is 0. The van der Waals surface area contributed by atoms with Gasteiger partial charge in [-0.05, 0) is 20.8 Å². The zero-order valence-corrected chi connectivity index (χ0v) is 15.0. The summed E-state index contributed by atoms with van der Waals surface area (Å²) in [5, 5.41) is 9.88. The van der Waals surface area contributed by atoms with Gasteiger partial charge in [-0.15, -0.1) is 0 Å². The highest BCUT2D eigenvalue weighted by atomic mass is 16.4. The van der Waals surface area contributed by atoms with Crippen LogP contribution < -0.4 is 16.0 Å². The van der Waals surface area contributed by atoms with E-state index in [2.05, 4.69) is 67.5 Å². The van der Waals surface area contributed by atoms with Crippen LogP contribution in [0.1, 0.15) is 53.2 Å². The van der Waals surface area contributed by atoms with Crippen molar-refractivity contribution in [3.05, 3.63) is 17.8 Å². The van der Waals surface area contributed by atoms with Gasteiger partial charge in [0.25, 0.3) is 0 Å². The van der Waals surface area contributed by atoms with Crippen LogP contribution in [0, 0.1) is 0 Å². The fourth-order valence-electron chi connectivity index (χ4n) is 1.74. The van der Waals surface area contributed by atoms with E-state index >= 15 is 0 Å². The minimum Gasteiger partial charge on any atom is -0.443 e. The van der Waals surface area contributed by atoms with E-state index in [1.807, 2.05) is 0 Å². The SMILES string of the molecule is CN=C(NCCNC(C)(C)C)NCc1ncc(C(C)(C)C)o1. The molecule has 0 aliphatic heterocycles. The molecule has 126 valence electrons. The molecule has 0 radical (unpaired) electrons. The molecule has 0 spiro atoms. The van der Waals surface area contributed by atoms with Gasteiger partial charge in [0.1, 0.15) is 5.76 Å². The lowest BCUT2D eigenvalue weighted by Gasteiger charge is -2.21. The molecule has 1 aromatic rings. The lowest BCUT2D eigenvalue weighted by molar-refractivity contribution is 0.379. The molecule has 0 saturated carbocycles. The standard InChI is InChI=1S/C16H31N5O/c1-15(2,3)12-10-19-13(22-12)11-20-14(17-7)18-8-9-21-16(4,5)6/h10,21H,8-9,11H2,1-7H3,(H2,17,18,20). The Morgan fingerprint density at radius 1 is 1.14 bits per heavy atom. The molecular weight excluding hydrogens is 278 g/mol. The molecule has 0 bridgehead atoms. The van der Waals surface area contributed by atoms with Gasteiger partial charge >= 0.3 is 0 Å². The zero-order valence-electron chi connectivity index (χ0n) is 15.0. The number of aromatic nitrogens is 1. The van der Waals surface area contributed by atoms with Crippen LogP contribution in [0.4, 0.5) is 0 Å². The smallest absolute Gasteiger partial charge is 0.213 e. The molecule has 1 aromatic heterocycles. The van der Waals surface area contributed by atoms with E-state index in [-0.39, 0.29) is 11.0 Å². The minimum atomic E-state index is -0.0240. The highest BCUT2D eigenvalue weighted by Crippen LogP contribution is 2.22. The molecule has 0 unspecified atom stereocenters. The molecule has 0 atom stereocenters. The molecule has 6 nitrogen and oxygen atoms in total. The van der Waals surface area contributed by atoms with Gasteiger partial charge in [0.05, 0.1) is 12.7 Å². The van der Waals surface area contributed by atoms with Crippen LogP contribution in [0.15, 0.2) is 15.6 Å². The maximum Gasteiger partial charge on any atom is 0.213 e. The summed E-state index contributed by atoms with van der Waals surface area (Å²) in [5.41, 5.74) is 0.101. The van der Waals surface area contributed by atoms with E-state index in [0.29, 0.717) is 12.4 Å². The van der Waals surface area contributed by atoms with Gasteiger partial charge in [-0.2, -0.15) is 0 Å². The normalized spacial score (nSPS) is 13.3. The van der Waals surface area contributed by atoms with Gasteiger partial charge < -0.3 is 20.4 Å². The van der Waals surface area contributed by atoms with Crippen LogP contribution in [-0.2, 0) is 12.0 Å². The Kier molecular flexibility index (Phi) is 6.41. The third-order valence-electron chi connectivity index (χ3n) is 3.00. The predicted molar refractivity (Wildman–Crippen MR) is 91.2 cm³/mol. The first-order valence-electron chi connectivity index (χ1n) is 7.76. The van der Waals surface area contributed by atoms with Crippen molar-refractivity contribution in [3.8, 4) is 0 Å². The fraction of sp³-hybridized carbons (Fsp3) is 0.750. The molecule has 0 amide bonds. The van der Waals surface area contributed by atoms with Crippen molar-refractivity contribution in [1.29, 1.82) is 0 Å². The van der Waals surface area contributed by atoms with Crippen molar-refractivity contribution in [2.75, 3.05) is 20.1 Å². The van der Waals surface area contributed by atoms with Crippen molar-refractivity contribution < 1.29 is 4.42 Å². The maximum absolute atomic E-state index is 5.74. The first-order valence-corrected chi connectivity index (χ1v) is 7.76. The van der Waals surface area contributed by atoms with Crippen LogP contribution in [-0.4, -0.2) is 36.6 Å². The Morgan fingerprint density at radius 2 is 1.82 bits per heavy atom. The molecule has 22 heavy (non-hydrogen) atoms. The average Bonchev–Trinajstić information content (AvgIpc) is 2.85. The predicted octanol–water partition coefficient (Wildman–Crippen LogP) is 2.03. The molecular formula is C16H31N5O. The number of oxazole rings is 1. The van der Waals surface area contributed by atoms with E-state index in [9.17, 15) is 0 Å². The Morgan fingerprint density at radius 3 is 2.32 bits per heavy atom. The summed E-state index contributed by atoms with van der Waals surface area (Å²) in [7, 11) is 1.75. The maximum atomic E-state index is 5.74. The molecule has 0 fully saturated rings. The van der Waals surface area contributed by atoms with E-state index in [1.54, 1.807) is 13.2 Å². The second-order valence-electron chi connectivity index (χ2n) is 7.40. The number of nitrogens with zero attached hydrogens (tertiary/aromatic N) is 2. The number of rotatable bonds is 5. The van der Waals surface area contributed by atoms with Crippen molar-refractivity contribution >= 4 is 5.96 Å². The van der Waals surface area contributed by atoms with Crippen LogP contribution in [0.5, 0.6) is 0 Å². The highest BCUT2D eigenvalue weighted by Gasteiger charge is 2.19. The van der Waals surface area contributed by atoms with Gasteiger partial charge in [0.2, 0.25) is 5.89 Å². The monoisotopic (exact) mass is 309 g/mol. The highest BCUT2D eigenvalue weighted by molar-refractivity contribution is 5.79. The van der Waals surface area contributed by atoms with Crippen molar-refractivity contribution in [2.45, 2.75) is 59.0 Å². The van der Waals surface area contributed by atoms with E-state index in [0.717, 1.165) is 24.8 Å². The summed E-state index contributed by atoms with van der Waals surface area (Å²) in [5.74, 6) is 2.30. The van der Waals surface area contributed by atoms with Crippen molar-refractivity contribution in [1.82, 2.24) is 20.9 Å². The number of aliphatic imine (C=N–C) groups is 1. The van der Waals surface area contributed by atoms with Gasteiger partial charge in [-0.25, -0.2) is 4.98 Å². The Bertz CT molecular complexity index is 479. The molecule has 1 rings (SSSR count). The molecule has 3 N–H and O–H groups in total. The van der Waals surface area contributed by atoms with Gasteiger partial charge in [0, 0.05) is 31.1 Å². The second-order valence-corrected chi connectivity index (χ2v) is 7.40. The van der Waals surface area contributed by atoms with E-state index < -0.39 is 0 Å². The Hall–Kier alpha value is -1.56. The van der Waals surface area contributed by atoms with Crippen LogP contribution >= 0.6 is 0 Å². The third kappa shape index (κ3) is 6.93. The number of hydrogen-bond acceptors (Lipinski definition) is 4. The summed E-state index contributed by atoms with van der Waals surface area (Å²) in [6.07, 6.45) is 1.79. The lowest BCUT2D eigenvalue weighted by Crippen LogP contribution is -2.44. The molecule has 6 heteroatoms. The second kappa shape index (κ2) is 7.63. The lowest BCUT2D eigenvalue weighted by atomic mass is 9.94. The quantitative estimate of drug-likeness (QED) is 0.441. The summed E-state index contributed by atoms with van der Waals surface area (Å²) in [6.45, 7) is 14.9. The van der Waals surface area contributed by atoms with Gasteiger partial charge in [-0.3, -0.25) is 4.99 Å². The summed E-state index contributed by atoms with van der Waals surface area (Å²) >= 11 is 0. The Balaban J connectivity index is 2.37. The van der Waals surface area contributed by atoms with E-state index in [1.165, 1.54) is 0 Å².